The van der Waals surface area contributed by atoms with Gasteiger partial charge in [-0.2, -0.15) is 0 Å². The van der Waals surface area contributed by atoms with Gasteiger partial charge in [-0.15, -0.1) is 0 Å². The fraction of sp³-hybridized carbons (Fsp3) is 0. The first kappa shape index (κ1) is 9.80. The van der Waals surface area contributed by atoms with Crippen molar-refractivity contribution in [3.05, 3.63) is 33.9 Å². The zero-order valence-corrected chi connectivity index (χ0v) is 6.94. The maximum absolute atomic E-state index is 12.9. The molecule has 13 heavy (non-hydrogen) atoms. The summed E-state index contributed by atoms with van der Waals surface area (Å²) in [6.45, 7) is 0. The van der Waals surface area contributed by atoms with Crippen molar-refractivity contribution in [2.75, 3.05) is 0 Å². The van der Waals surface area contributed by atoms with E-state index in [0.29, 0.717) is 6.07 Å². The van der Waals surface area contributed by atoms with Crippen LogP contribution in [0.5, 0.6) is 0 Å². The molecule has 0 bridgehead atoms. The highest BCUT2D eigenvalue weighted by molar-refractivity contribution is 6.33. The van der Waals surface area contributed by atoms with Crippen LogP contribution in [0.2, 0.25) is 5.02 Å². The van der Waals surface area contributed by atoms with E-state index in [1.807, 2.05) is 0 Å². The number of carbonyl (C=O) groups is 2. The van der Waals surface area contributed by atoms with Crippen molar-refractivity contribution in [3.8, 4) is 0 Å². The van der Waals surface area contributed by atoms with Gasteiger partial charge in [-0.1, -0.05) is 11.6 Å². The normalized spacial score (nSPS) is 9.77. The first-order chi connectivity index (χ1) is 6.11. The molecule has 0 aliphatic heterocycles. The van der Waals surface area contributed by atoms with E-state index in [9.17, 15) is 18.4 Å². The van der Waals surface area contributed by atoms with Gasteiger partial charge in [-0.3, -0.25) is 9.59 Å². The number of halogens is 3. The standard InChI is InChI=1S/C8H3ClF2O2/c9-7-4(2-12)1-6(10)5(3-13)8(7)11/h1-3H. The first-order valence-corrected chi connectivity index (χ1v) is 3.57. The second-order valence-corrected chi connectivity index (χ2v) is 2.60. The number of benzene rings is 1. The second-order valence-electron chi connectivity index (χ2n) is 2.22. The van der Waals surface area contributed by atoms with Crippen molar-refractivity contribution in [1.29, 1.82) is 0 Å². The molecule has 0 amide bonds. The summed E-state index contributed by atoms with van der Waals surface area (Å²) in [5.74, 6) is -2.31. The number of carbonyl (C=O) groups excluding carboxylic acids is 2. The minimum atomic E-state index is -1.21. The summed E-state index contributed by atoms with van der Waals surface area (Å²) < 4.78 is 25.7. The average molecular weight is 205 g/mol. The molecule has 0 fully saturated rings. The van der Waals surface area contributed by atoms with Crippen molar-refractivity contribution >= 4 is 24.2 Å². The van der Waals surface area contributed by atoms with E-state index in [0.717, 1.165) is 0 Å². The molecule has 1 rings (SSSR count). The quantitative estimate of drug-likeness (QED) is 0.547. The SMILES string of the molecule is O=Cc1cc(F)c(C=O)c(F)c1Cl. The van der Waals surface area contributed by atoms with Crippen LogP contribution in [0, 0.1) is 11.6 Å². The Kier molecular flexibility index (Phi) is 2.72. The largest absolute Gasteiger partial charge is 0.298 e. The third kappa shape index (κ3) is 1.58. The van der Waals surface area contributed by atoms with E-state index in [1.54, 1.807) is 0 Å². The van der Waals surface area contributed by atoms with Crippen molar-refractivity contribution in [1.82, 2.24) is 0 Å². The minimum Gasteiger partial charge on any atom is -0.298 e. The van der Waals surface area contributed by atoms with Crippen molar-refractivity contribution in [2.45, 2.75) is 0 Å². The molecule has 1 aromatic rings. The zero-order valence-electron chi connectivity index (χ0n) is 6.18. The van der Waals surface area contributed by atoms with Gasteiger partial charge in [0.2, 0.25) is 0 Å². The van der Waals surface area contributed by atoms with Gasteiger partial charge in [0.15, 0.2) is 18.4 Å². The van der Waals surface area contributed by atoms with Crippen LogP contribution in [0.3, 0.4) is 0 Å². The highest BCUT2D eigenvalue weighted by Crippen LogP contribution is 2.23. The van der Waals surface area contributed by atoms with E-state index in [4.69, 9.17) is 11.6 Å². The lowest BCUT2D eigenvalue weighted by Crippen LogP contribution is -1.98. The summed E-state index contributed by atoms with van der Waals surface area (Å²) in [5, 5.41) is -0.543. The van der Waals surface area contributed by atoms with Crippen LogP contribution in [0.4, 0.5) is 8.78 Å². The van der Waals surface area contributed by atoms with Crippen LogP contribution < -0.4 is 0 Å². The third-order valence-electron chi connectivity index (χ3n) is 1.47. The van der Waals surface area contributed by atoms with Crippen molar-refractivity contribution in [2.24, 2.45) is 0 Å². The summed E-state index contributed by atoms with van der Waals surface area (Å²) in [4.78, 5) is 20.4. The van der Waals surface area contributed by atoms with E-state index in [2.05, 4.69) is 0 Å². The first-order valence-electron chi connectivity index (χ1n) is 3.19. The maximum Gasteiger partial charge on any atom is 0.156 e. The molecule has 0 aliphatic rings. The molecule has 1 aromatic carbocycles. The monoisotopic (exact) mass is 204 g/mol. The summed E-state index contributed by atoms with van der Waals surface area (Å²) in [6, 6.07) is 0.710. The van der Waals surface area contributed by atoms with Crippen molar-refractivity contribution in [3.63, 3.8) is 0 Å². The van der Waals surface area contributed by atoms with E-state index in [1.165, 1.54) is 0 Å². The lowest BCUT2D eigenvalue weighted by molar-refractivity contribution is 0.110. The summed E-state index contributed by atoms with van der Waals surface area (Å²) in [6.07, 6.45) is 0.216. The Labute approximate surface area is 77.1 Å². The van der Waals surface area contributed by atoms with Gasteiger partial charge in [-0.05, 0) is 6.07 Å². The van der Waals surface area contributed by atoms with Gasteiger partial charge in [0, 0.05) is 5.56 Å². The molecule has 0 heterocycles. The molecule has 0 aliphatic carbocycles. The Hall–Kier alpha value is -1.29. The van der Waals surface area contributed by atoms with Gasteiger partial charge in [0.1, 0.15) is 5.82 Å². The highest BCUT2D eigenvalue weighted by atomic mass is 35.5. The van der Waals surface area contributed by atoms with Gasteiger partial charge < -0.3 is 0 Å². The van der Waals surface area contributed by atoms with Crippen LogP contribution in [-0.2, 0) is 0 Å². The molecule has 0 unspecified atom stereocenters. The Bertz CT molecular complexity index is 377. The number of aldehydes is 2. The van der Waals surface area contributed by atoms with Crippen LogP contribution in [0.1, 0.15) is 20.7 Å². The summed E-state index contributed by atoms with van der Waals surface area (Å²) >= 11 is 5.32. The Morgan fingerprint density at radius 3 is 2.31 bits per heavy atom. The van der Waals surface area contributed by atoms with Crippen LogP contribution in [0.25, 0.3) is 0 Å². The molecule has 0 N–H and O–H groups in total. The van der Waals surface area contributed by atoms with Gasteiger partial charge in [-0.25, -0.2) is 8.78 Å². The lowest BCUT2D eigenvalue weighted by atomic mass is 10.1. The predicted molar refractivity (Wildman–Crippen MR) is 42.1 cm³/mol. The summed E-state index contributed by atoms with van der Waals surface area (Å²) in [5.41, 5.74) is -1.09. The molecule has 0 radical (unpaired) electrons. The Morgan fingerprint density at radius 1 is 1.23 bits per heavy atom. The van der Waals surface area contributed by atoms with Crippen molar-refractivity contribution < 1.29 is 18.4 Å². The third-order valence-corrected chi connectivity index (χ3v) is 1.85. The molecular formula is C8H3ClF2O2. The minimum absolute atomic E-state index is 0.00509. The lowest BCUT2D eigenvalue weighted by Gasteiger charge is -2.01. The molecular weight excluding hydrogens is 202 g/mol. The molecule has 5 heteroatoms. The van der Waals surface area contributed by atoms with E-state index in [-0.39, 0.29) is 18.1 Å². The second kappa shape index (κ2) is 3.62. The summed E-state index contributed by atoms with van der Waals surface area (Å²) in [7, 11) is 0. The Balaban J connectivity index is 3.54. The van der Waals surface area contributed by atoms with Crippen LogP contribution >= 0.6 is 11.6 Å². The molecule has 2 nitrogen and oxygen atoms in total. The number of rotatable bonds is 2. The highest BCUT2D eigenvalue weighted by Gasteiger charge is 2.15. The van der Waals surface area contributed by atoms with Gasteiger partial charge in [0.05, 0.1) is 10.6 Å². The zero-order chi connectivity index (χ0) is 10.0. The fourth-order valence-corrected chi connectivity index (χ4v) is 1.02. The Morgan fingerprint density at radius 2 is 1.85 bits per heavy atom. The molecule has 68 valence electrons. The van der Waals surface area contributed by atoms with Crippen LogP contribution in [-0.4, -0.2) is 12.6 Å². The smallest absolute Gasteiger partial charge is 0.156 e. The molecule has 0 aromatic heterocycles. The van der Waals surface area contributed by atoms with E-state index < -0.39 is 22.2 Å². The van der Waals surface area contributed by atoms with Gasteiger partial charge in [0.25, 0.3) is 0 Å². The predicted octanol–water partition coefficient (Wildman–Crippen LogP) is 2.24. The van der Waals surface area contributed by atoms with E-state index >= 15 is 0 Å². The molecule has 0 saturated heterocycles. The average Bonchev–Trinajstić information content (AvgIpc) is 2.12. The molecule has 0 spiro atoms. The van der Waals surface area contributed by atoms with Gasteiger partial charge >= 0.3 is 0 Å². The molecule has 0 saturated carbocycles. The maximum atomic E-state index is 12.9. The number of hydrogen-bond acceptors (Lipinski definition) is 2. The fourth-order valence-electron chi connectivity index (χ4n) is 0.821. The van der Waals surface area contributed by atoms with Crippen LogP contribution in [0.15, 0.2) is 6.07 Å². The molecule has 0 atom stereocenters. The topological polar surface area (TPSA) is 34.1 Å². The number of hydrogen-bond donors (Lipinski definition) is 0.